The lowest BCUT2D eigenvalue weighted by Gasteiger charge is -2.35. The van der Waals surface area contributed by atoms with Crippen LogP contribution in [0, 0.1) is 6.92 Å². The highest BCUT2D eigenvalue weighted by Crippen LogP contribution is 2.31. The average molecular weight is 605 g/mol. The number of hydrogen-bond donors (Lipinski definition) is 1. The van der Waals surface area contributed by atoms with Gasteiger partial charge in [0, 0.05) is 23.5 Å². The Morgan fingerprint density at radius 2 is 1.57 bits per heavy atom. The molecule has 214 valence electrons. The zero-order valence-electron chi connectivity index (χ0n) is 23.3. The highest BCUT2D eigenvalue weighted by atomic mass is 35.5. The van der Waals surface area contributed by atoms with Crippen LogP contribution in [0.1, 0.15) is 37.5 Å². The van der Waals surface area contributed by atoms with Crippen molar-refractivity contribution >= 4 is 50.7 Å². The maximum Gasteiger partial charge on any atom is 0.244 e. The lowest BCUT2D eigenvalue weighted by Crippen LogP contribution is -2.56. The summed E-state index contributed by atoms with van der Waals surface area (Å²) in [5.74, 6) is -0.890. The normalized spacial score (nSPS) is 12.5. The van der Waals surface area contributed by atoms with E-state index in [0.29, 0.717) is 5.02 Å². The van der Waals surface area contributed by atoms with E-state index in [1.165, 1.54) is 23.1 Å². The van der Waals surface area contributed by atoms with Crippen molar-refractivity contribution in [1.82, 2.24) is 10.2 Å². The number of halogens is 2. The number of nitrogens with one attached hydrogen (secondary N) is 1. The molecule has 3 aromatic carbocycles. The molecule has 0 bridgehead atoms. The summed E-state index contributed by atoms with van der Waals surface area (Å²) < 4.78 is 26.8. The summed E-state index contributed by atoms with van der Waals surface area (Å²) in [5.41, 5.74) is 2.21. The van der Waals surface area contributed by atoms with E-state index in [4.69, 9.17) is 23.2 Å². The Labute approximate surface area is 247 Å². The molecule has 0 heterocycles. The second-order valence-corrected chi connectivity index (χ2v) is 13.5. The molecule has 0 spiro atoms. The number of carbonyl (C=O) groups is 2. The minimum atomic E-state index is -3.94. The number of sulfonamides is 1. The molecule has 0 fully saturated rings. The quantitative estimate of drug-likeness (QED) is 0.326. The first-order valence-corrected chi connectivity index (χ1v) is 15.4. The van der Waals surface area contributed by atoms with Crippen molar-refractivity contribution in [3.8, 4) is 0 Å². The summed E-state index contributed by atoms with van der Waals surface area (Å²) in [5, 5.41) is 3.42. The highest BCUT2D eigenvalue weighted by Gasteiger charge is 2.34. The molecule has 0 aliphatic rings. The third kappa shape index (κ3) is 8.71. The third-order valence-corrected chi connectivity index (χ3v) is 7.89. The van der Waals surface area contributed by atoms with Gasteiger partial charge >= 0.3 is 0 Å². The number of benzene rings is 3. The molecule has 2 amide bonds. The number of nitrogens with zero attached hydrogens (tertiary/aromatic N) is 2. The maximum absolute atomic E-state index is 14.1. The van der Waals surface area contributed by atoms with Crippen LogP contribution in [-0.4, -0.2) is 49.5 Å². The van der Waals surface area contributed by atoms with Gasteiger partial charge in [-0.3, -0.25) is 13.9 Å². The van der Waals surface area contributed by atoms with Gasteiger partial charge in [-0.15, -0.1) is 0 Å². The summed E-state index contributed by atoms with van der Waals surface area (Å²) in [6.45, 7) is 7.08. The number of carbonyl (C=O) groups excluding carboxylic acids is 2. The summed E-state index contributed by atoms with van der Waals surface area (Å²) in [7, 11) is -3.94. The molecular formula is C30H35Cl2N3O4S. The average Bonchev–Trinajstić information content (AvgIpc) is 2.85. The van der Waals surface area contributed by atoms with Crippen LogP contribution in [0.4, 0.5) is 5.69 Å². The second kappa shape index (κ2) is 13.1. The van der Waals surface area contributed by atoms with Crippen LogP contribution in [0.2, 0.25) is 10.0 Å². The number of rotatable bonds is 10. The van der Waals surface area contributed by atoms with Crippen LogP contribution in [-0.2, 0) is 32.6 Å². The van der Waals surface area contributed by atoms with Crippen molar-refractivity contribution in [2.45, 2.75) is 52.2 Å². The molecule has 0 unspecified atom stereocenters. The van der Waals surface area contributed by atoms with E-state index >= 15 is 0 Å². The number of aryl methyl sites for hydroxylation is 1. The first-order chi connectivity index (χ1) is 18.7. The lowest BCUT2D eigenvalue weighted by atomic mass is 10.00. The van der Waals surface area contributed by atoms with E-state index < -0.39 is 34.1 Å². The van der Waals surface area contributed by atoms with E-state index in [9.17, 15) is 18.0 Å². The fourth-order valence-corrected chi connectivity index (χ4v) is 5.68. The highest BCUT2D eigenvalue weighted by molar-refractivity contribution is 7.92. The molecule has 1 N–H and O–H groups in total. The molecule has 7 nitrogen and oxygen atoms in total. The third-order valence-electron chi connectivity index (χ3n) is 6.23. The maximum atomic E-state index is 14.1. The first-order valence-electron chi connectivity index (χ1n) is 12.8. The van der Waals surface area contributed by atoms with Gasteiger partial charge < -0.3 is 10.2 Å². The molecule has 10 heteroatoms. The van der Waals surface area contributed by atoms with E-state index in [-0.39, 0.29) is 29.6 Å². The smallest absolute Gasteiger partial charge is 0.244 e. The molecule has 0 aromatic heterocycles. The Balaban J connectivity index is 2.10. The second-order valence-electron chi connectivity index (χ2n) is 10.8. The van der Waals surface area contributed by atoms with E-state index in [1.807, 2.05) is 82.3 Å². The zero-order chi connectivity index (χ0) is 29.7. The fraction of sp³-hybridized carbons (Fsp3) is 0.333. The molecule has 0 aliphatic heterocycles. The van der Waals surface area contributed by atoms with Gasteiger partial charge in [0.1, 0.15) is 12.6 Å². The van der Waals surface area contributed by atoms with Gasteiger partial charge in [0.2, 0.25) is 21.8 Å². The summed E-state index contributed by atoms with van der Waals surface area (Å²) in [6.07, 6.45) is 1.24. The van der Waals surface area contributed by atoms with Crippen molar-refractivity contribution in [3.05, 3.63) is 99.5 Å². The Morgan fingerprint density at radius 3 is 2.15 bits per heavy atom. The minimum Gasteiger partial charge on any atom is -0.350 e. The molecule has 0 saturated carbocycles. The van der Waals surface area contributed by atoms with Gasteiger partial charge in [0.25, 0.3) is 0 Å². The SMILES string of the molecule is Cc1ccccc1CN(C(=O)CN(c1ccc(Cl)cc1Cl)S(C)(=O)=O)[C@H](Cc1ccccc1)C(=O)NC(C)(C)C. The zero-order valence-corrected chi connectivity index (χ0v) is 25.6. The van der Waals surface area contributed by atoms with Gasteiger partial charge in [0.15, 0.2) is 0 Å². The van der Waals surface area contributed by atoms with Crippen LogP contribution < -0.4 is 9.62 Å². The standard InChI is InChI=1S/C30H35Cl2N3O4S/c1-21-11-9-10-14-23(21)19-34(27(29(37)33-30(2,3)4)17-22-12-7-6-8-13-22)28(36)20-35(40(5,38)39)26-16-15-24(31)18-25(26)32/h6-16,18,27H,17,19-20H2,1-5H3,(H,33,37)/t27-/m1/s1. The molecule has 1 atom stereocenters. The Bertz CT molecular complexity index is 1460. The topological polar surface area (TPSA) is 86.8 Å². The van der Waals surface area contributed by atoms with Crippen molar-refractivity contribution < 1.29 is 18.0 Å². The van der Waals surface area contributed by atoms with Gasteiger partial charge in [-0.25, -0.2) is 8.42 Å². The monoisotopic (exact) mass is 603 g/mol. The molecule has 3 aromatic rings. The van der Waals surface area contributed by atoms with Gasteiger partial charge in [-0.05, 0) is 62.6 Å². The minimum absolute atomic E-state index is 0.0856. The Kier molecular flexibility index (Phi) is 10.3. The number of amides is 2. The molecule has 0 saturated heterocycles. The van der Waals surface area contributed by atoms with Crippen LogP contribution in [0.15, 0.2) is 72.8 Å². The van der Waals surface area contributed by atoms with E-state index in [2.05, 4.69) is 5.32 Å². The van der Waals surface area contributed by atoms with Crippen LogP contribution in [0.25, 0.3) is 0 Å². The molecule has 0 aliphatic carbocycles. The fourth-order valence-electron chi connectivity index (χ4n) is 4.26. The van der Waals surface area contributed by atoms with Gasteiger partial charge in [0.05, 0.1) is 17.0 Å². The summed E-state index contributed by atoms with van der Waals surface area (Å²) >= 11 is 12.4. The summed E-state index contributed by atoms with van der Waals surface area (Å²) in [4.78, 5) is 29.4. The molecule has 3 rings (SSSR count). The van der Waals surface area contributed by atoms with Crippen LogP contribution >= 0.6 is 23.2 Å². The predicted molar refractivity (Wildman–Crippen MR) is 162 cm³/mol. The largest absolute Gasteiger partial charge is 0.350 e. The Hall–Kier alpha value is -3.07. The van der Waals surface area contributed by atoms with Gasteiger partial charge in [-0.1, -0.05) is 77.8 Å². The van der Waals surface area contributed by atoms with Crippen molar-refractivity contribution in [2.75, 3.05) is 17.1 Å². The van der Waals surface area contributed by atoms with Gasteiger partial charge in [-0.2, -0.15) is 0 Å². The number of hydrogen-bond acceptors (Lipinski definition) is 4. The lowest BCUT2D eigenvalue weighted by molar-refractivity contribution is -0.140. The van der Waals surface area contributed by atoms with Crippen LogP contribution in [0.5, 0.6) is 0 Å². The predicted octanol–water partition coefficient (Wildman–Crippen LogP) is 5.62. The van der Waals surface area contributed by atoms with E-state index in [1.54, 1.807) is 0 Å². The van der Waals surface area contributed by atoms with Crippen molar-refractivity contribution in [2.24, 2.45) is 0 Å². The van der Waals surface area contributed by atoms with Crippen molar-refractivity contribution in [1.29, 1.82) is 0 Å². The molecular weight excluding hydrogens is 569 g/mol. The Morgan fingerprint density at radius 1 is 0.950 bits per heavy atom. The summed E-state index contributed by atoms with van der Waals surface area (Å²) in [6, 6.07) is 20.4. The van der Waals surface area contributed by atoms with E-state index in [0.717, 1.165) is 27.3 Å². The van der Waals surface area contributed by atoms with Crippen LogP contribution in [0.3, 0.4) is 0 Å². The van der Waals surface area contributed by atoms with Crippen molar-refractivity contribution in [3.63, 3.8) is 0 Å². The first kappa shape index (κ1) is 31.5. The number of anilines is 1. The molecule has 0 radical (unpaired) electrons. The molecule has 40 heavy (non-hydrogen) atoms.